The van der Waals surface area contributed by atoms with Crippen molar-refractivity contribution < 1.29 is 19.5 Å². The number of unbranched alkanes of at least 4 members (excludes halogenated alkanes) is 11. The summed E-state index contributed by atoms with van der Waals surface area (Å²) in [6.07, 6.45) is 17.2. The first-order valence-corrected chi connectivity index (χ1v) is 11.6. The van der Waals surface area contributed by atoms with Crippen LogP contribution in [0.1, 0.15) is 117 Å². The van der Waals surface area contributed by atoms with Gasteiger partial charge in [-0.3, -0.25) is 4.79 Å². The Hall–Kier alpha value is -0.650. The summed E-state index contributed by atoms with van der Waals surface area (Å²) in [5.74, 6) is -0.0850. The van der Waals surface area contributed by atoms with Gasteiger partial charge in [0.25, 0.3) is 0 Å². The predicted molar refractivity (Wildman–Crippen MR) is 113 cm³/mol. The number of hydrogen-bond donors (Lipinski definition) is 1. The van der Waals surface area contributed by atoms with Crippen molar-refractivity contribution in [3.05, 3.63) is 0 Å². The minimum atomic E-state index is -0.472. The largest absolute Gasteiger partial charge is 0.469 e. The topological polar surface area (TPSA) is 59.0 Å². The Morgan fingerprint density at radius 2 is 1.39 bits per heavy atom. The van der Waals surface area contributed by atoms with Gasteiger partial charge in [-0.2, -0.15) is 5.06 Å². The molecule has 1 rings (SSSR count). The van der Waals surface area contributed by atoms with Crippen LogP contribution in [0.4, 0.5) is 0 Å². The van der Waals surface area contributed by atoms with E-state index in [0.717, 1.165) is 32.1 Å². The highest BCUT2D eigenvalue weighted by Crippen LogP contribution is 2.39. The van der Waals surface area contributed by atoms with Gasteiger partial charge in [-0.25, -0.2) is 0 Å². The third-order valence-corrected chi connectivity index (χ3v) is 6.13. The third kappa shape index (κ3) is 8.79. The molecule has 0 aromatic heterocycles. The van der Waals surface area contributed by atoms with Crippen molar-refractivity contribution in [3.8, 4) is 0 Å². The van der Waals surface area contributed by atoms with Gasteiger partial charge in [-0.1, -0.05) is 71.1 Å². The average Bonchev–Trinajstić information content (AvgIpc) is 2.92. The molecule has 1 atom stereocenters. The first kappa shape index (κ1) is 25.4. The summed E-state index contributed by atoms with van der Waals surface area (Å²) < 4.78 is 10.6. The predicted octanol–water partition coefficient (Wildman–Crippen LogP) is 6.23. The molecule has 1 aliphatic heterocycles. The number of rotatable bonds is 16. The van der Waals surface area contributed by atoms with E-state index in [9.17, 15) is 10.0 Å². The molecule has 28 heavy (non-hydrogen) atoms. The number of ether oxygens (including phenoxy) is 2. The van der Waals surface area contributed by atoms with Gasteiger partial charge in [-0.15, -0.1) is 0 Å². The number of hydroxylamine groups is 2. The molecule has 0 unspecified atom stereocenters. The van der Waals surface area contributed by atoms with Crippen LogP contribution in [0.25, 0.3) is 0 Å². The van der Waals surface area contributed by atoms with E-state index in [1.54, 1.807) is 0 Å². The Kier molecular flexibility index (Phi) is 12.3. The monoisotopic (exact) mass is 399 g/mol. The lowest BCUT2D eigenvalue weighted by atomic mass is 9.98. The van der Waals surface area contributed by atoms with Crippen molar-refractivity contribution in [1.82, 2.24) is 5.06 Å². The van der Waals surface area contributed by atoms with Crippen LogP contribution in [-0.4, -0.2) is 41.2 Å². The molecule has 0 radical (unpaired) electrons. The highest BCUT2D eigenvalue weighted by molar-refractivity contribution is 5.68. The van der Waals surface area contributed by atoms with Gasteiger partial charge in [0.1, 0.15) is 5.72 Å². The second-order valence-electron chi connectivity index (χ2n) is 9.03. The number of nitrogens with zero attached hydrogens (tertiary/aromatic N) is 1. The highest BCUT2D eigenvalue weighted by Gasteiger charge is 2.49. The van der Waals surface area contributed by atoms with E-state index < -0.39 is 5.72 Å². The molecule has 5 heteroatoms. The number of carbonyl (C=O) groups excluding carboxylic acids is 1. The van der Waals surface area contributed by atoms with E-state index in [4.69, 9.17) is 4.74 Å². The zero-order valence-corrected chi connectivity index (χ0v) is 18.9. The van der Waals surface area contributed by atoms with Crippen molar-refractivity contribution >= 4 is 5.97 Å². The highest BCUT2D eigenvalue weighted by atomic mass is 16.6. The number of methoxy groups -OCH3 is 1. The van der Waals surface area contributed by atoms with Crippen LogP contribution < -0.4 is 0 Å². The van der Waals surface area contributed by atoms with Gasteiger partial charge < -0.3 is 14.7 Å². The number of hydrogen-bond acceptors (Lipinski definition) is 5. The summed E-state index contributed by atoms with van der Waals surface area (Å²) >= 11 is 0. The van der Waals surface area contributed by atoms with E-state index in [-0.39, 0.29) is 11.5 Å². The molecule has 0 amide bonds. The smallest absolute Gasteiger partial charge is 0.305 e. The summed E-state index contributed by atoms with van der Waals surface area (Å²) in [4.78, 5) is 11.0. The lowest BCUT2D eigenvalue weighted by molar-refractivity contribution is -0.254. The molecule has 0 spiro atoms. The van der Waals surface area contributed by atoms with Gasteiger partial charge >= 0.3 is 5.97 Å². The fourth-order valence-corrected chi connectivity index (χ4v) is 4.13. The zero-order chi connectivity index (χ0) is 20.9. The van der Waals surface area contributed by atoms with Crippen LogP contribution >= 0.6 is 0 Å². The molecule has 0 aliphatic carbocycles. The summed E-state index contributed by atoms with van der Waals surface area (Å²) in [7, 11) is 1.46. The van der Waals surface area contributed by atoms with E-state index >= 15 is 0 Å². The molecule has 1 fully saturated rings. The fraction of sp³-hybridized carbons (Fsp3) is 0.957. The second kappa shape index (κ2) is 13.6. The van der Waals surface area contributed by atoms with Gasteiger partial charge in [0.15, 0.2) is 0 Å². The molecule has 5 nitrogen and oxygen atoms in total. The lowest BCUT2D eigenvalue weighted by Crippen LogP contribution is -2.49. The molecular weight excluding hydrogens is 354 g/mol. The molecule has 1 aliphatic rings. The maximum atomic E-state index is 11.0. The average molecular weight is 400 g/mol. The van der Waals surface area contributed by atoms with Gasteiger partial charge in [0.05, 0.1) is 19.3 Å². The molecule has 1 N–H and O–H groups in total. The van der Waals surface area contributed by atoms with Crippen molar-refractivity contribution in [2.24, 2.45) is 0 Å². The Labute approximate surface area is 173 Å². The van der Waals surface area contributed by atoms with E-state index in [1.165, 1.54) is 70.0 Å². The Morgan fingerprint density at radius 3 is 1.79 bits per heavy atom. The normalized spacial score (nSPS) is 21.9. The molecule has 0 saturated carbocycles. The first-order chi connectivity index (χ1) is 13.4. The summed E-state index contributed by atoms with van der Waals surface area (Å²) in [6, 6.07) is 0. The summed E-state index contributed by atoms with van der Waals surface area (Å²) in [6.45, 7) is 6.77. The molecule has 1 saturated heterocycles. The van der Waals surface area contributed by atoms with Gasteiger partial charge in [-0.05, 0) is 39.5 Å². The van der Waals surface area contributed by atoms with Gasteiger partial charge in [0, 0.05) is 6.42 Å². The quantitative estimate of drug-likeness (QED) is 0.246. The SMILES string of the molecule is CC[C@@]1(CCCCCCCCCCCCCCC(=O)OC)OCC(C)(C)N1O. The molecule has 166 valence electrons. The fourth-order valence-electron chi connectivity index (χ4n) is 4.13. The Bertz CT molecular complexity index is 427. The van der Waals surface area contributed by atoms with Crippen molar-refractivity contribution in [3.63, 3.8) is 0 Å². The lowest BCUT2D eigenvalue weighted by Gasteiger charge is -2.36. The second-order valence-corrected chi connectivity index (χ2v) is 9.03. The Morgan fingerprint density at radius 1 is 0.929 bits per heavy atom. The first-order valence-electron chi connectivity index (χ1n) is 11.6. The molecule has 0 aromatic carbocycles. The van der Waals surface area contributed by atoms with Gasteiger partial charge in [0.2, 0.25) is 0 Å². The van der Waals surface area contributed by atoms with Crippen LogP contribution in [0.3, 0.4) is 0 Å². The van der Waals surface area contributed by atoms with Crippen LogP contribution in [-0.2, 0) is 14.3 Å². The minimum absolute atomic E-state index is 0.0850. The minimum Gasteiger partial charge on any atom is -0.469 e. The van der Waals surface area contributed by atoms with Crippen molar-refractivity contribution in [2.75, 3.05) is 13.7 Å². The molecular formula is C23H45NO4. The van der Waals surface area contributed by atoms with Crippen LogP contribution in [0.5, 0.6) is 0 Å². The summed E-state index contributed by atoms with van der Waals surface area (Å²) in [5, 5.41) is 11.9. The standard InChI is InChI=1S/C23H45NO4/c1-5-23(24(26)22(2,3)20-28-23)19-17-15-13-11-9-7-6-8-10-12-14-16-18-21(25)27-4/h26H,5-20H2,1-4H3/t23-/m0/s1. The zero-order valence-electron chi connectivity index (χ0n) is 18.9. The van der Waals surface area contributed by atoms with E-state index in [1.807, 2.05) is 13.8 Å². The van der Waals surface area contributed by atoms with Crippen molar-refractivity contribution in [2.45, 2.75) is 128 Å². The Balaban J connectivity index is 1.91. The third-order valence-electron chi connectivity index (χ3n) is 6.13. The van der Waals surface area contributed by atoms with Crippen LogP contribution in [0.2, 0.25) is 0 Å². The molecule has 0 aromatic rings. The number of esters is 1. The van der Waals surface area contributed by atoms with Crippen LogP contribution in [0.15, 0.2) is 0 Å². The van der Waals surface area contributed by atoms with E-state index in [2.05, 4.69) is 11.7 Å². The van der Waals surface area contributed by atoms with Crippen molar-refractivity contribution in [1.29, 1.82) is 0 Å². The molecule has 1 heterocycles. The van der Waals surface area contributed by atoms with E-state index in [0.29, 0.717) is 13.0 Å². The molecule has 0 bridgehead atoms. The maximum absolute atomic E-state index is 11.0. The summed E-state index contributed by atoms with van der Waals surface area (Å²) in [5.41, 5.74) is -0.752. The van der Waals surface area contributed by atoms with Crippen LogP contribution in [0, 0.1) is 0 Å². The number of carbonyl (C=O) groups is 1. The maximum Gasteiger partial charge on any atom is 0.305 e.